The topological polar surface area (TPSA) is 81.4 Å². The minimum Gasteiger partial charge on any atom is -0.488 e. The average molecular weight is 427 g/mol. The lowest BCUT2D eigenvalue weighted by molar-refractivity contribution is 0.0694. The van der Waals surface area contributed by atoms with Crippen molar-refractivity contribution in [2.45, 2.75) is 13.0 Å². The van der Waals surface area contributed by atoms with Crippen LogP contribution in [0.3, 0.4) is 0 Å². The van der Waals surface area contributed by atoms with E-state index >= 15 is 4.39 Å². The second-order valence-corrected chi connectivity index (χ2v) is 7.11. The highest BCUT2D eigenvalue weighted by Crippen LogP contribution is 2.42. The Balaban J connectivity index is 0.00000218. The van der Waals surface area contributed by atoms with Gasteiger partial charge in [-0.15, -0.1) is 12.4 Å². The largest absolute Gasteiger partial charge is 0.488 e. The molecule has 0 unspecified atom stereocenters. The second-order valence-electron chi connectivity index (χ2n) is 7.11. The van der Waals surface area contributed by atoms with Crippen molar-refractivity contribution in [3.05, 3.63) is 70.4 Å². The molecule has 0 fully saturated rings. The van der Waals surface area contributed by atoms with Gasteiger partial charge in [0.15, 0.2) is 5.75 Å². The van der Waals surface area contributed by atoms with Crippen molar-refractivity contribution in [1.29, 1.82) is 0 Å². The minimum absolute atomic E-state index is 0. The number of fused-ring (bicyclic) bond motifs is 1. The molecule has 0 aliphatic carbocycles. The molecule has 8 heteroatoms. The number of aromatic carboxylic acids is 1. The highest BCUT2D eigenvalue weighted by atomic mass is 35.5. The normalized spacial score (nSPS) is 14.9. The first-order valence-electron chi connectivity index (χ1n) is 9.08. The Morgan fingerprint density at radius 2 is 2.10 bits per heavy atom. The fourth-order valence-electron chi connectivity index (χ4n) is 3.88. The van der Waals surface area contributed by atoms with Gasteiger partial charge in [-0.05, 0) is 36.8 Å². The minimum atomic E-state index is -1.34. The molecule has 152 valence electrons. The Kier molecular flexibility index (Phi) is 4.70. The summed E-state index contributed by atoms with van der Waals surface area (Å²) in [6, 6.07) is 9.96. The lowest BCUT2D eigenvalue weighted by Crippen LogP contribution is -2.27. The summed E-state index contributed by atoms with van der Waals surface area (Å²) in [5.74, 6) is -1.74. The van der Waals surface area contributed by atoms with Gasteiger partial charge < -0.3 is 14.4 Å². The predicted molar refractivity (Wildman–Crippen MR) is 113 cm³/mol. The van der Waals surface area contributed by atoms with Crippen molar-refractivity contribution in [2.24, 2.45) is 0 Å². The molecule has 3 heterocycles. The molecule has 0 radical (unpaired) electrons. The molecule has 30 heavy (non-hydrogen) atoms. The molecule has 0 spiro atoms. The van der Waals surface area contributed by atoms with E-state index in [0.717, 1.165) is 17.0 Å². The summed E-state index contributed by atoms with van der Waals surface area (Å²) in [6.45, 7) is 2.08. The number of pyridine rings is 2. The molecule has 1 aliphatic heterocycles. The van der Waals surface area contributed by atoms with E-state index in [0.29, 0.717) is 11.1 Å². The van der Waals surface area contributed by atoms with Gasteiger partial charge in [-0.1, -0.05) is 12.1 Å². The summed E-state index contributed by atoms with van der Waals surface area (Å²) in [6.07, 6.45) is 3.00. The SMILES string of the molecule is C[C@H]1COc2c(-c3ccc4ncccc4c3)c(F)cc3c(=O)c(C(=O)O)cn1c23.Cl. The summed E-state index contributed by atoms with van der Waals surface area (Å²) in [4.78, 5) is 28.4. The van der Waals surface area contributed by atoms with Gasteiger partial charge in [0.05, 0.1) is 28.0 Å². The summed E-state index contributed by atoms with van der Waals surface area (Å²) in [5, 5.41) is 10.2. The Morgan fingerprint density at radius 1 is 1.30 bits per heavy atom. The summed E-state index contributed by atoms with van der Waals surface area (Å²) >= 11 is 0. The Bertz CT molecular complexity index is 1400. The van der Waals surface area contributed by atoms with Crippen molar-refractivity contribution >= 4 is 40.2 Å². The van der Waals surface area contributed by atoms with E-state index in [9.17, 15) is 14.7 Å². The first-order chi connectivity index (χ1) is 14.0. The number of hydrogen-bond donors (Lipinski definition) is 1. The lowest BCUT2D eigenvalue weighted by Gasteiger charge is -2.28. The van der Waals surface area contributed by atoms with E-state index in [1.54, 1.807) is 29.0 Å². The quantitative estimate of drug-likeness (QED) is 0.513. The number of carboxylic acids is 1. The molecule has 2 aromatic carbocycles. The van der Waals surface area contributed by atoms with Gasteiger partial charge in [0.25, 0.3) is 0 Å². The summed E-state index contributed by atoms with van der Waals surface area (Å²) in [7, 11) is 0. The number of aromatic nitrogens is 2. The third-order valence-corrected chi connectivity index (χ3v) is 5.29. The molecular weight excluding hydrogens is 411 g/mol. The zero-order valence-corrected chi connectivity index (χ0v) is 16.6. The standard InChI is InChI=1S/C22H15FN2O4.ClH/c1-11-10-29-21-18(13-4-5-17-12(7-13)3-2-6-24-17)16(23)8-14-19(21)25(11)9-15(20(14)26)22(27)28;/h2-9,11H,10H2,1H3,(H,27,28);1H/t11-;/m0./s1. The third kappa shape index (κ3) is 2.81. The van der Waals surface area contributed by atoms with Crippen molar-refractivity contribution in [3.63, 3.8) is 0 Å². The first kappa shape index (κ1) is 19.8. The van der Waals surface area contributed by atoms with Gasteiger partial charge in [0, 0.05) is 17.8 Å². The average Bonchev–Trinajstić information content (AvgIpc) is 2.71. The summed E-state index contributed by atoms with van der Waals surface area (Å²) in [5.41, 5.74) is 0.907. The van der Waals surface area contributed by atoms with Crippen LogP contribution in [0.15, 0.2) is 53.6 Å². The van der Waals surface area contributed by atoms with Gasteiger partial charge in [-0.3, -0.25) is 9.78 Å². The number of halogens is 2. The van der Waals surface area contributed by atoms with Crippen LogP contribution >= 0.6 is 12.4 Å². The fourth-order valence-corrected chi connectivity index (χ4v) is 3.88. The van der Waals surface area contributed by atoms with E-state index < -0.39 is 17.2 Å². The maximum Gasteiger partial charge on any atom is 0.341 e. The van der Waals surface area contributed by atoms with E-state index in [4.69, 9.17) is 4.74 Å². The highest BCUT2D eigenvalue weighted by Gasteiger charge is 2.28. The van der Waals surface area contributed by atoms with Crippen LogP contribution in [0.4, 0.5) is 4.39 Å². The Morgan fingerprint density at radius 3 is 2.87 bits per heavy atom. The number of ether oxygens (including phenoxy) is 1. The molecule has 5 rings (SSSR count). The van der Waals surface area contributed by atoms with Crippen LogP contribution in [0.5, 0.6) is 5.75 Å². The zero-order chi connectivity index (χ0) is 20.3. The van der Waals surface area contributed by atoms with Crippen LogP contribution in [0.1, 0.15) is 23.3 Å². The highest BCUT2D eigenvalue weighted by molar-refractivity contribution is 5.99. The molecule has 6 nitrogen and oxygen atoms in total. The molecule has 1 aliphatic rings. The van der Waals surface area contributed by atoms with Crippen molar-refractivity contribution < 1.29 is 19.0 Å². The smallest absolute Gasteiger partial charge is 0.341 e. The number of benzene rings is 2. The van der Waals surface area contributed by atoms with E-state index in [1.807, 2.05) is 19.1 Å². The maximum absolute atomic E-state index is 15.2. The van der Waals surface area contributed by atoms with Gasteiger partial charge in [0.1, 0.15) is 18.0 Å². The van der Waals surface area contributed by atoms with Crippen LogP contribution in [0, 0.1) is 5.82 Å². The molecule has 0 bridgehead atoms. The zero-order valence-electron chi connectivity index (χ0n) is 15.8. The molecule has 2 aromatic heterocycles. The summed E-state index contributed by atoms with van der Waals surface area (Å²) < 4.78 is 22.8. The first-order valence-corrected chi connectivity index (χ1v) is 9.08. The van der Waals surface area contributed by atoms with Crippen LogP contribution in [-0.2, 0) is 0 Å². The van der Waals surface area contributed by atoms with Gasteiger partial charge >= 0.3 is 5.97 Å². The van der Waals surface area contributed by atoms with E-state index in [2.05, 4.69) is 4.98 Å². The number of hydrogen-bond acceptors (Lipinski definition) is 4. The maximum atomic E-state index is 15.2. The fraction of sp³-hybridized carbons (Fsp3) is 0.136. The van der Waals surface area contributed by atoms with Crippen molar-refractivity contribution in [3.8, 4) is 16.9 Å². The number of carbonyl (C=O) groups is 1. The van der Waals surface area contributed by atoms with Crippen LogP contribution in [-0.4, -0.2) is 27.2 Å². The monoisotopic (exact) mass is 426 g/mol. The Hall–Kier alpha value is -3.45. The molecular formula is C22H16ClFN2O4. The van der Waals surface area contributed by atoms with Gasteiger partial charge in [0.2, 0.25) is 5.43 Å². The second kappa shape index (κ2) is 7.11. The molecule has 4 aromatic rings. The molecule has 1 N–H and O–H groups in total. The van der Waals surface area contributed by atoms with Gasteiger partial charge in [-0.2, -0.15) is 0 Å². The Labute approximate surface area is 176 Å². The van der Waals surface area contributed by atoms with Crippen molar-refractivity contribution in [2.75, 3.05) is 6.61 Å². The number of nitrogens with zero attached hydrogens (tertiary/aromatic N) is 2. The van der Waals surface area contributed by atoms with Gasteiger partial charge in [-0.25, -0.2) is 9.18 Å². The van der Waals surface area contributed by atoms with Crippen LogP contribution in [0.25, 0.3) is 32.9 Å². The van der Waals surface area contributed by atoms with Crippen LogP contribution in [0.2, 0.25) is 0 Å². The van der Waals surface area contributed by atoms with Crippen molar-refractivity contribution in [1.82, 2.24) is 9.55 Å². The molecule has 0 saturated carbocycles. The molecule has 0 saturated heterocycles. The third-order valence-electron chi connectivity index (χ3n) is 5.29. The van der Waals surface area contributed by atoms with Crippen LogP contribution < -0.4 is 10.2 Å². The predicted octanol–water partition coefficient (Wildman–Crippen LogP) is 4.43. The van der Waals surface area contributed by atoms with E-state index in [-0.39, 0.29) is 47.3 Å². The number of carboxylic acid groups (broad SMARTS) is 1. The number of rotatable bonds is 2. The van der Waals surface area contributed by atoms with E-state index in [1.165, 1.54) is 6.20 Å². The lowest BCUT2D eigenvalue weighted by atomic mass is 9.97. The molecule has 0 amide bonds. The molecule has 1 atom stereocenters.